The standard InChI is InChI=1S/C11H12ClN5OS/c1-6-7(2)16-17-11(13-6)15-9(18)3-10-14-8(4-12)5-19-10/h5H,3-4H2,1-2H3,(H,13,15,17,18). The van der Waals surface area contributed by atoms with E-state index in [9.17, 15) is 4.79 Å². The predicted octanol–water partition coefficient (Wildman–Crippen LogP) is 1.86. The van der Waals surface area contributed by atoms with Gasteiger partial charge in [0.1, 0.15) is 5.01 Å². The lowest BCUT2D eigenvalue weighted by Gasteiger charge is -2.03. The number of aromatic nitrogens is 4. The number of nitrogens with one attached hydrogen (secondary N) is 1. The monoisotopic (exact) mass is 297 g/mol. The summed E-state index contributed by atoms with van der Waals surface area (Å²) in [5.41, 5.74) is 2.26. The number of thiazole rings is 1. The number of hydrogen-bond donors (Lipinski definition) is 1. The first-order valence-corrected chi connectivity index (χ1v) is 6.97. The van der Waals surface area contributed by atoms with Crippen LogP contribution in [-0.4, -0.2) is 26.1 Å². The molecule has 2 aromatic heterocycles. The Morgan fingerprint density at radius 3 is 2.74 bits per heavy atom. The molecule has 0 aliphatic rings. The van der Waals surface area contributed by atoms with Crippen molar-refractivity contribution in [3.63, 3.8) is 0 Å². The van der Waals surface area contributed by atoms with Crippen molar-refractivity contribution < 1.29 is 4.79 Å². The molecule has 1 amide bonds. The van der Waals surface area contributed by atoms with E-state index in [1.54, 1.807) is 0 Å². The van der Waals surface area contributed by atoms with E-state index in [4.69, 9.17) is 11.6 Å². The van der Waals surface area contributed by atoms with Gasteiger partial charge in [0.15, 0.2) is 0 Å². The van der Waals surface area contributed by atoms with Gasteiger partial charge in [-0.1, -0.05) is 0 Å². The molecule has 1 N–H and O–H groups in total. The zero-order valence-corrected chi connectivity index (χ0v) is 12.0. The number of rotatable bonds is 4. The van der Waals surface area contributed by atoms with Crippen molar-refractivity contribution in [3.8, 4) is 0 Å². The Morgan fingerprint density at radius 2 is 2.11 bits per heavy atom. The fourth-order valence-electron chi connectivity index (χ4n) is 1.31. The molecule has 0 unspecified atom stereocenters. The molecule has 0 aliphatic heterocycles. The molecule has 8 heteroatoms. The molecule has 6 nitrogen and oxygen atoms in total. The number of hydrogen-bond acceptors (Lipinski definition) is 6. The molecular formula is C11H12ClN5OS. The Bertz CT molecular complexity index is 601. The van der Waals surface area contributed by atoms with Gasteiger partial charge in [-0.25, -0.2) is 9.97 Å². The van der Waals surface area contributed by atoms with Crippen LogP contribution in [0.15, 0.2) is 5.38 Å². The molecule has 2 aromatic rings. The minimum Gasteiger partial charge on any atom is -0.293 e. The predicted molar refractivity (Wildman–Crippen MR) is 73.3 cm³/mol. The Balaban J connectivity index is 1.98. The molecule has 0 aliphatic carbocycles. The third-order valence-electron chi connectivity index (χ3n) is 2.39. The van der Waals surface area contributed by atoms with Crippen molar-refractivity contribution in [3.05, 3.63) is 27.5 Å². The van der Waals surface area contributed by atoms with Gasteiger partial charge < -0.3 is 0 Å². The molecule has 0 atom stereocenters. The van der Waals surface area contributed by atoms with Gasteiger partial charge in [-0.3, -0.25) is 10.1 Å². The average molecular weight is 298 g/mol. The third kappa shape index (κ3) is 3.68. The van der Waals surface area contributed by atoms with Crippen LogP contribution in [-0.2, 0) is 17.1 Å². The van der Waals surface area contributed by atoms with Crippen LogP contribution in [0, 0.1) is 13.8 Å². The second-order valence-corrected chi connectivity index (χ2v) is 5.11. The summed E-state index contributed by atoms with van der Waals surface area (Å²) < 4.78 is 0. The zero-order chi connectivity index (χ0) is 13.8. The lowest BCUT2D eigenvalue weighted by molar-refractivity contribution is -0.115. The highest BCUT2D eigenvalue weighted by Gasteiger charge is 2.10. The lowest BCUT2D eigenvalue weighted by Crippen LogP contribution is -2.17. The summed E-state index contributed by atoms with van der Waals surface area (Å²) in [5.74, 6) is 0.338. The van der Waals surface area contributed by atoms with E-state index in [1.807, 2.05) is 19.2 Å². The van der Waals surface area contributed by atoms with Crippen LogP contribution in [0.3, 0.4) is 0 Å². The van der Waals surface area contributed by atoms with E-state index in [0.29, 0.717) is 10.9 Å². The summed E-state index contributed by atoms with van der Waals surface area (Å²) in [7, 11) is 0. The van der Waals surface area contributed by atoms with E-state index >= 15 is 0 Å². The number of halogens is 1. The summed E-state index contributed by atoms with van der Waals surface area (Å²) in [5, 5.41) is 12.9. The molecule has 0 bridgehead atoms. The van der Waals surface area contributed by atoms with Gasteiger partial charge in [0.2, 0.25) is 11.9 Å². The van der Waals surface area contributed by atoms with Gasteiger partial charge >= 0.3 is 0 Å². The molecule has 0 saturated carbocycles. The summed E-state index contributed by atoms with van der Waals surface area (Å²) >= 11 is 7.06. The van der Waals surface area contributed by atoms with Crippen molar-refractivity contribution in [1.82, 2.24) is 20.2 Å². The number of amides is 1. The smallest absolute Gasteiger partial charge is 0.249 e. The molecule has 0 saturated heterocycles. The van der Waals surface area contributed by atoms with Crippen LogP contribution >= 0.6 is 22.9 Å². The van der Waals surface area contributed by atoms with Gasteiger partial charge in [0.25, 0.3) is 0 Å². The Labute approximate surface area is 119 Å². The van der Waals surface area contributed by atoms with Crippen molar-refractivity contribution in [2.45, 2.75) is 26.1 Å². The normalized spacial score (nSPS) is 10.5. The van der Waals surface area contributed by atoms with Crippen LogP contribution in [0.25, 0.3) is 0 Å². The van der Waals surface area contributed by atoms with Gasteiger partial charge in [-0.15, -0.1) is 28.0 Å². The number of carbonyl (C=O) groups is 1. The fraction of sp³-hybridized carbons (Fsp3) is 0.364. The summed E-state index contributed by atoms with van der Waals surface area (Å²) in [6, 6.07) is 0. The molecule has 0 fully saturated rings. The second-order valence-electron chi connectivity index (χ2n) is 3.90. The molecule has 2 rings (SSSR count). The molecular weight excluding hydrogens is 286 g/mol. The van der Waals surface area contributed by atoms with Gasteiger partial charge in [-0.2, -0.15) is 5.10 Å². The van der Waals surface area contributed by atoms with Crippen LogP contribution < -0.4 is 5.32 Å². The van der Waals surface area contributed by atoms with Crippen molar-refractivity contribution in [1.29, 1.82) is 0 Å². The Morgan fingerprint density at radius 1 is 1.32 bits per heavy atom. The highest BCUT2D eigenvalue weighted by molar-refractivity contribution is 7.09. The van der Waals surface area contributed by atoms with Crippen molar-refractivity contribution >= 4 is 34.8 Å². The summed E-state index contributed by atoms with van der Waals surface area (Å²) in [6.45, 7) is 3.62. The van der Waals surface area contributed by atoms with E-state index in [1.165, 1.54) is 11.3 Å². The maximum Gasteiger partial charge on any atom is 0.249 e. The highest BCUT2D eigenvalue weighted by Crippen LogP contribution is 2.12. The quantitative estimate of drug-likeness (QED) is 0.871. The van der Waals surface area contributed by atoms with Gasteiger partial charge in [-0.05, 0) is 13.8 Å². The lowest BCUT2D eigenvalue weighted by atomic mass is 10.4. The largest absolute Gasteiger partial charge is 0.293 e. The third-order valence-corrected chi connectivity index (χ3v) is 3.56. The first-order valence-electron chi connectivity index (χ1n) is 5.55. The number of aryl methyl sites for hydroxylation is 2. The maximum atomic E-state index is 11.8. The molecule has 2 heterocycles. The molecule has 100 valence electrons. The molecule has 19 heavy (non-hydrogen) atoms. The van der Waals surface area contributed by atoms with E-state index in [-0.39, 0.29) is 18.3 Å². The van der Waals surface area contributed by atoms with E-state index < -0.39 is 0 Å². The molecule has 0 spiro atoms. The van der Waals surface area contributed by atoms with Crippen LogP contribution in [0.1, 0.15) is 22.1 Å². The van der Waals surface area contributed by atoms with Crippen molar-refractivity contribution in [2.75, 3.05) is 5.32 Å². The SMILES string of the molecule is Cc1nnc(NC(=O)Cc2nc(CCl)cs2)nc1C. The van der Waals surface area contributed by atoms with E-state index in [0.717, 1.165) is 17.1 Å². The number of alkyl halides is 1. The number of nitrogens with zero attached hydrogens (tertiary/aromatic N) is 4. The average Bonchev–Trinajstić information content (AvgIpc) is 2.81. The maximum absolute atomic E-state index is 11.8. The van der Waals surface area contributed by atoms with E-state index in [2.05, 4.69) is 25.5 Å². The Kier molecular flexibility index (Phi) is 4.39. The Hall–Kier alpha value is -1.60. The first kappa shape index (κ1) is 13.8. The minimum atomic E-state index is -0.222. The highest BCUT2D eigenvalue weighted by atomic mass is 35.5. The molecule has 0 aromatic carbocycles. The molecule has 0 radical (unpaired) electrons. The zero-order valence-electron chi connectivity index (χ0n) is 10.5. The summed E-state index contributed by atoms with van der Waals surface area (Å²) in [4.78, 5) is 20.1. The minimum absolute atomic E-state index is 0.178. The fourth-order valence-corrected chi connectivity index (χ4v) is 2.33. The van der Waals surface area contributed by atoms with Crippen LogP contribution in [0.2, 0.25) is 0 Å². The number of anilines is 1. The topological polar surface area (TPSA) is 80.7 Å². The summed E-state index contributed by atoms with van der Waals surface area (Å²) in [6.07, 6.45) is 0.178. The first-order chi connectivity index (χ1) is 9.08. The van der Waals surface area contributed by atoms with Crippen LogP contribution in [0.4, 0.5) is 5.95 Å². The van der Waals surface area contributed by atoms with Gasteiger partial charge in [0.05, 0.1) is 29.4 Å². The number of carbonyl (C=O) groups excluding carboxylic acids is 1. The van der Waals surface area contributed by atoms with Crippen molar-refractivity contribution in [2.24, 2.45) is 0 Å². The second kappa shape index (κ2) is 6.03. The van der Waals surface area contributed by atoms with Crippen LogP contribution in [0.5, 0.6) is 0 Å². The van der Waals surface area contributed by atoms with Gasteiger partial charge in [0, 0.05) is 5.38 Å².